The smallest absolute Gasteiger partial charge is 0.119 e. The van der Waals surface area contributed by atoms with E-state index >= 15 is 0 Å². The van der Waals surface area contributed by atoms with E-state index in [0.29, 0.717) is 5.92 Å². The molecule has 0 spiro atoms. The van der Waals surface area contributed by atoms with Crippen molar-refractivity contribution in [3.05, 3.63) is 102 Å². The molecule has 0 bridgehead atoms. The Labute approximate surface area is 186 Å². The maximum absolute atomic E-state index is 6.39. The number of benzene rings is 3. The van der Waals surface area contributed by atoms with Crippen molar-refractivity contribution in [1.82, 2.24) is 4.90 Å². The Bertz CT molecular complexity index is 848. The van der Waals surface area contributed by atoms with E-state index in [0.717, 1.165) is 32.0 Å². The van der Waals surface area contributed by atoms with Crippen LogP contribution in [0.4, 0.5) is 0 Å². The summed E-state index contributed by atoms with van der Waals surface area (Å²) in [5.41, 5.74) is 3.78. The van der Waals surface area contributed by atoms with E-state index in [1.165, 1.54) is 23.1 Å². The Balaban J connectivity index is 0.00000256. The molecule has 1 fully saturated rings. The van der Waals surface area contributed by atoms with E-state index in [-0.39, 0.29) is 18.5 Å². The zero-order valence-electron chi connectivity index (χ0n) is 17.4. The van der Waals surface area contributed by atoms with Crippen LogP contribution in [0.25, 0.3) is 0 Å². The van der Waals surface area contributed by atoms with Gasteiger partial charge >= 0.3 is 0 Å². The highest BCUT2D eigenvalue weighted by molar-refractivity contribution is 5.85. The molecule has 0 radical (unpaired) electrons. The van der Waals surface area contributed by atoms with Crippen molar-refractivity contribution in [2.75, 3.05) is 33.4 Å². The summed E-state index contributed by atoms with van der Waals surface area (Å²) in [5, 5.41) is 0. The minimum absolute atomic E-state index is 0. The van der Waals surface area contributed by atoms with Gasteiger partial charge in [0.15, 0.2) is 0 Å². The summed E-state index contributed by atoms with van der Waals surface area (Å²) in [6.07, 6.45) is 1.17. The predicted molar refractivity (Wildman–Crippen MR) is 125 cm³/mol. The number of nitrogens with zero attached hydrogens (tertiary/aromatic N) is 1. The van der Waals surface area contributed by atoms with Crippen LogP contribution in [0.5, 0.6) is 5.75 Å². The molecule has 0 aliphatic carbocycles. The lowest BCUT2D eigenvalue weighted by Crippen LogP contribution is -2.26. The van der Waals surface area contributed by atoms with E-state index in [1.54, 1.807) is 7.11 Å². The van der Waals surface area contributed by atoms with Gasteiger partial charge in [-0.15, -0.1) is 12.4 Å². The van der Waals surface area contributed by atoms with Crippen molar-refractivity contribution in [3.8, 4) is 5.75 Å². The van der Waals surface area contributed by atoms with E-state index in [1.807, 2.05) is 6.07 Å². The Hall–Kier alpha value is -2.33. The predicted octanol–water partition coefficient (Wildman–Crippen LogP) is 5.71. The summed E-state index contributed by atoms with van der Waals surface area (Å²) in [4.78, 5) is 2.51. The van der Waals surface area contributed by atoms with Gasteiger partial charge in [0.1, 0.15) is 11.9 Å². The van der Waals surface area contributed by atoms with E-state index in [9.17, 15) is 0 Å². The summed E-state index contributed by atoms with van der Waals surface area (Å²) in [6.45, 7) is 3.88. The molecule has 3 aromatic rings. The first-order chi connectivity index (χ1) is 14.3. The molecule has 0 N–H and O–H groups in total. The Morgan fingerprint density at radius 3 is 2.20 bits per heavy atom. The van der Waals surface area contributed by atoms with Crippen molar-refractivity contribution in [2.24, 2.45) is 0 Å². The van der Waals surface area contributed by atoms with Crippen LogP contribution in [-0.4, -0.2) is 38.3 Å². The van der Waals surface area contributed by atoms with Crippen molar-refractivity contribution < 1.29 is 9.47 Å². The third kappa shape index (κ3) is 5.63. The zero-order valence-corrected chi connectivity index (χ0v) is 18.3. The molecule has 1 saturated heterocycles. The largest absolute Gasteiger partial charge is 0.497 e. The fraction of sp³-hybridized carbons (Fsp3) is 0.308. The standard InChI is InChI=1S/C26H29NO2.ClH/c1-28-25-14-8-13-23(19-25)24-15-16-27(20-24)17-18-29-26(21-9-4-2-5-10-21)22-11-6-3-7-12-22;/h2-14,19,24,26H,15-18,20H2,1H3;1H. The molecule has 1 heterocycles. The zero-order chi connectivity index (χ0) is 19.9. The van der Waals surface area contributed by atoms with Gasteiger partial charge in [0.05, 0.1) is 13.7 Å². The molecule has 0 amide bonds. The molecule has 158 valence electrons. The van der Waals surface area contributed by atoms with Gasteiger partial charge in [-0.3, -0.25) is 0 Å². The van der Waals surface area contributed by atoms with Crippen LogP contribution in [0.3, 0.4) is 0 Å². The van der Waals surface area contributed by atoms with Gasteiger partial charge in [-0.2, -0.15) is 0 Å². The maximum atomic E-state index is 6.39. The van der Waals surface area contributed by atoms with Crippen LogP contribution < -0.4 is 4.74 Å². The summed E-state index contributed by atoms with van der Waals surface area (Å²) < 4.78 is 11.8. The van der Waals surface area contributed by atoms with Crippen molar-refractivity contribution in [3.63, 3.8) is 0 Å². The third-order valence-corrected chi connectivity index (χ3v) is 5.73. The van der Waals surface area contributed by atoms with Gasteiger partial charge < -0.3 is 14.4 Å². The summed E-state index contributed by atoms with van der Waals surface area (Å²) >= 11 is 0. The van der Waals surface area contributed by atoms with Gasteiger partial charge in [0.2, 0.25) is 0 Å². The van der Waals surface area contributed by atoms with E-state index < -0.39 is 0 Å². The lowest BCUT2D eigenvalue weighted by Gasteiger charge is -2.22. The van der Waals surface area contributed by atoms with Crippen molar-refractivity contribution in [2.45, 2.75) is 18.4 Å². The molecule has 1 aliphatic rings. The van der Waals surface area contributed by atoms with Crippen LogP contribution >= 0.6 is 12.4 Å². The summed E-state index contributed by atoms with van der Waals surface area (Å²) in [7, 11) is 1.73. The molecule has 1 unspecified atom stereocenters. The first-order valence-electron chi connectivity index (χ1n) is 10.4. The third-order valence-electron chi connectivity index (χ3n) is 5.73. The van der Waals surface area contributed by atoms with Crippen LogP contribution in [-0.2, 0) is 4.74 Å². The number of ether oxygens (including phenoxy) is 2. The molecule has 0 saturated carbocycles. The topological polar surface area (TPSA) is 21.7 Å². The van der Waals surface area contributed by atoms with Gasteiger partial charge in [0, 0.05) is 13.1 Å². The molecule has 30 heavy (non-hydrogen) atoms. The maximum Gasteiger partial charge on any atom is 0.119 e. The van der Waals surface area contributed by atoms with Crippen molar-refractivity contribution >= 4 is 12.4 Å². The Kier molecular flexibility index (Phi) is 8.32. The fourth-order valence-corrected chi connectivity index (χ4v) is 4.14. The summed E-state index contributed by atoms with van der Waals surface area (Å²) in [5.74, 6) is 1.52. The Morgan fingerprint density at radius 1 is 0.900 bits per heavy atom. The SMILES string of the molecule is COc1cccc(C2CCN(CCOC(c3ccccc3)c3ccccc3)C2)c1.Cl. The normalized spacial score (nSPS) is 16.4. The van der Waals surface area contributed by atoms with Gasteiger partial charge in [-0.1, -0.05) is 72.8 Å². The number of hydrogen-bond acceptors (Lipinski definition) is 3. The number of methoxy groups -OCH3 is 1. The average Bonchev–Trinajstić information content (AvgIpc) is 3.27. The van der Waals surface area contributed by atoms with Gasteiger partial charge in [-0.05, 0) is 47.7 Å². The molecule has 4 heteroatoms. The second-order valence-corrected chi connectivity index (χ2v) is 7.64. The minimum Gasteiger partial charge on any atom is -0.497 e. The van der Waals surface area contributed by atoms with Crippen LogP contribution in [0.15, 0.2) is 84.9 Å². The number of rotatable bonds is 8. The monoisotopic (exact) mass is 423 g/mol. The number of likely N-dealkylation sites (tertiary alicyclic amines) is 1. The Morgan fingerprint density at radius 2 is 1.57 bits per heavy atom. The molecular weight excluding hydrogens is 394 g/mol. The summed E-state index contributed by atoms with van der Waals surface area (Å²) in [6, 6.07) is 29.5. The fourth-order valence-electron chi connectivity index (χ4n) is 4.14. The number of hydrogen-bond donors (Lipinski definition) is 0. The lowest BCUT2D eigenvalue weighted by molar-refractivity contribution is 0.0642. The van der Waals surface area contributed by atoms with E-state index in [2.05, 4.69) is 83.8 Å². The second kappa shape index (κ2) is 11.2. The molecule has 3 nitrogen and oxygen atoms in total. The highest BCUT2D eigenvalue weighted by Crippen LogP contribution is 2.30. The molecule has 1 aliphatic heterocycles. The quantitative estimate of drug-likeness (QED) is 0.463. The average molecular weight is 424 g/mol. The van der Waals surface area contributed by atoms with Crippen molar-refractivity contribution in [1.29, 1.82) is 0 Å². The molecule has 0 aromatic heterocycles. The number of halogens is 1. The second-order valence-electron chi connectivity index (χ2n) is 7.64. The van der Waals surface area contributed by atoms with Gasteiger partial charge in [0.25, 0.3) is 0 Å². The first kappa shape index (κ1) is 22.4. The van der Waals surface area contributed by atoms with E-state index in [4.69, 9.17) is 9.47 Å². The highest BCUT2D eigenvalue weighted by Gasteiger charge is 2.24. The molecular formula is C26H30ClNO2. The molecule has 4 rings (SSSR count). The minimum atomic E-state index is -0.0193. The molecule has 1 atom stereocenters. The van der Waals surface area contributed by atoms with Crippen LogP contribution in [0, 0.1) is 0 Å². The molecule has 3 aromatic carbocycles. The van der Waals surface area contributed by atoms with Crippen LogP contribution in [0.2, 0.25) is 0 Å². The lowest BCUT2D eigenvalue weighted by atomic mass is 9.98. The highest BCUT2D eigenvalue weighted by atomic mass is 35.5. The van der Waals surface area contributed by atoms with Crippen LogP contribution in [0.1, 0.15) is 35.1 Å². The first-order valence-corrected chi connectivity index (χ1v) is 10.4. The van der Waals surface area contributed by atoms with Gasteiger partial charge in [-0.25, -0.2) is 0 Å².